The van der Waals surface area contributed by atoms with E-state index in [0.717, 1.165) is 11.4 Å². The summed E-state index contributed by atoms with van der Waals surface area (Å²) < 4.78 is 35.8. The van der Waals surface area contributed by atoms with Crippen molar-refractivity contribution in [3.05, 3.63) is 71.4 Å². The molecule has 0 saturated heterocycles. The lowest BCUT2D eigenvalue weighted by atomic mass is 10.1. The van der Waals surface area contributed by atoms with Crippen LogP contribution in [0.25, 0.3) is 5.69 Å². The molecule has 0 fully saturated rings. The Morgan fingerprint density at radius 3 is 2.64 bits per heavy atom. The van der Waals surface area contributed by atoms with Gasteiger partial charge in [0.15, 0.2) is 6.61 Å². The summed E-state index contributed by atoms with van der Waals surface area (Å²) in [5.41, 5.74) is 2.76. The van der Waals surface area contributed by atoms with Gasteiger partial charge in [0.25, 0.3) is 0 Å². The number of aromatic nitrogens is 1. The molecular weight excluding hydrogens is 370 g/mol. The number of nitrogens with zero attached hydrogens (tertiary/aromatic N) is 2. The molecule has 6 nitrogen and oxygen atoms in total. The Bertz CT molecular complexity index is 961. The highest BCUT2D eigenvalue weighted by atomic mass is 19.3. The minimum atomic E-state index is -2.87. The van der Waals surface area contributed by atoms with Crippen LogP contribution in [-0.2, 0) is 4.84 Å². The molecule has 0 unspecified atom stereocenters. The van der Waals surface area contributed by atoms with E-state index < -0.39 is 6.61 Å². The highest BCUT2D eigenvalue weighted by Gasteiger charge is 2.17. The number of carbonyl (C=O) groups excluding carboxylic acids is 1. The Morgan fingerprint density at radius 1 is 1.25 bits per heavy atom. The molecule has 8 heteroatoms. The van der Waals surface area contributed by atoms with Gasteiger partial charge in [-0.15, -0.1) is 0 Å². The number of rotatable bonds is 8. The van der Waals surface area contributed by atoms with E-state index >= 15 is 0 Å². The minimum absolute atomic E-state index is 0.0698. The van der Waals surface area contributed by atoms with Crippen LogP contribution < -0.4 is 4.74 Å². The zero-order valence-electron chi connectivity index (χ0n) is 15.3. The zero-order valence-corrected chi connectivity index (χ0v) is 15.3. The van der Waals surface area contributed by atoms with Crippen molar-refractivity contribution < 1.29 is 27.6 Å². The fourth-order valence-corrected chi connectivity index (χ4v) is 2.85. The summed E-state index contributed by atoms with van der Waals surface area (Å²) in [5, 5.41) is 3.71. The predicted molar refractivity (Wildman–Crippen MR) is 98.5 cm³/mol. The Kier molecular flexibility index (Phi) is 5.88. The fourth-order valence-electron chi connectivity index (χ4n) is 2.85. The standard InChI is InChI=1S/C20H18F2N2O4/c1-13-10-18(19(25)12-27-23-11-17-4-3-9-26-17)14(2)24(13)15-5-7-16(8-6-15)28-20(21)22/h3-11,20H,12H2,1-2H3/b23-11-. The predicted octanol–water partition coefficient (Wildman–Crippen LogP) is 4.52. The first-order valence-electron chi connectivity index (χ1n) is 8.42. The number of carbonyl (C=O) groups is 1. The van der Waals surface area contributed by atoms with Crippen molar-refractivity contribution in [2.45, 2.75) is 20.5 Å². The van der Waals surface area contributed by atoms with Gasteiger partial charge in [0.2, 0.25) is 5.78 Å². The quantitative estimate of drug-likeness (QED) is 0.323. The van der Waals surface area contributed by atoms with Gasteiger partial charge in [-0.1, -0.05) is 5.16 Å². The molecule has 146 valence electrons. The molecule has 1 aromatic carbocycles. The van der Waals surface area contributed by atoms with Crippen molar-refractivity contribution in [3.8, 4) is 11.4 Å². The number of ketones is 1. The van der Waals surface area contributed by atoms with Crippen molar-refractivity contribution in [1.29, 1.82) is 0 Å². The first-order valence-corrected chi connectivity index (χ1v) is 8.42. The number of aryl methyl sites for hydroxylation is 1. The number of ether oxygens (including phenoxy) is 1. The molecule has 3 aromatic rings. The molecule has 0 saturated carbocycles. The average molecular weight is 388 g/mol. The molecular formula is C20H18F2N2O4. The Morgan fingerprint density at radius 2 is 2.00 bits per heavy atom. The maximum Gasteiger partial charge on any atom is 0.387 e. The number of hydrogen-bond donors (Lipinski definition) is 0. The lowest BCUT2D eigenvalue weighted by molar-refractivity contribution is -0.0498. The van der Waals surface area contributed by atoms with Crippen molar-refractivity contribution in [2.75, 3.05) is 6.61 Å². The summed E-state index contributed by atoms with van der Waals surface area (Å²) in [6.07, 6.45) is 2.88. The van der Waals surface area contributed by atoms with Gasteiger partial charge >= 0.3 is 6.61 Å². The summed E-state index contributed by atoms with van der Waals surface area (Å²) in [7, 11) is 0. The molecule has 0 aliphatic carbocycles. The molecule has 0 atom stereocenters. The molecule has 0 N–H and O–H groups in total. The van der Waals surface area contributed by atoms with E-state index in [0.29, 0.717) is 17.0 Å². The highest BCUT2D eigenvalue weighted by molar-refractivity contribution is 5.98. The topological polar surface area (TPSA) is 66.0 Å². The third kappa shape index (κ3) is 4.46. The number of Topliss-reactive ketones (excluding diaryl/α,β-unsaturated/α-hetero) is 1. The van der Waals surface area contributed by atoms with Crippen LogP contribution in [0, 0.1) is 13.8 Å². The second-order valence-electron chi connectivity index (χ2n) is 5.94. The summed E-state index contributed by atoms with van der Waals surface area (Å²) >= 11 is 0. The molecule has 0 spiro atoms. The molecule has 0 aliphatic heterocycles. The summed E-state index contributed by atoms with van der Waals surface area (Å²) in [6, 6.07) is 11.4. The zero-order chi connectivity index (χ0) is 20.1. The lowest BCUT2D eigenvalue weighted by Gasteiger charge is -2.11. The fraction of sp³-hybridized carbons (Fsp3) is 0.200. The molecule has 0 aliphatic rings. The Labute approximate surface area is 160 Å². The van der Waals surface area contributed by atoms with Crippen molar-refractivity contribution in [1.82, 2.24) is 4.57 Å². The van der Waals surface area contributed by atoms with Crippen LogP contribution in [-0.4, -0.2) is 29.8 Å². The molecule has 2 heterocycles. The van der Waals surface area contributed by atoms with E-state index in [9.17, 15) is 13.6 Å². The molecule has 0 radical (unpaired) electrons. The number of alkyl halides is 2. The van der Waals surface area contributed by atoms with Crippen molar-refractivity contribution in [3.63, 3.8) is 0 Å². The second-order valence-corrected chi connectivity index (χ2v) is 5.94. The van der Waals surface area contributed by atoms with Crippen LogP contribution in [0.15, 0.2) is 58.3 Å². The van der Waals surface area contributed by atoms with E-state index in [-0.39, 0.29) is 18.1 Å². The second kappa shape index (κ2) is 8.51. The number of hydrogen-bond acceptors (Lipinski definition) is 5. The largest absolute Gasteiger partial charge is 0.463 e. The molecule has 0 amide bonds. The number of benzene rings is 1. The van der Waals surface area contributed by atoms with Crippen LogP contribution in [0.2, 0.25) is 0 Å². The van der Waals surface area contributed by atoms with Gasteiger partial charge in [-0.25, -0.2) is 0 Å². The number of oxime groups is 1. The van der Waals surface area contributed by atoms with Gasteiger partial charge in [-0.3, -0.25) is 4.79 Å². The van der Waals surface area contributed by atoms with Gasteiger partial charge < -0.3 is 18.6 Å². The number of halogens is 2. The van der Waals surface area contributed by atoms with Crippen LogP contribution in [0.4, 0.5) is 8.78 Å². The average Bonchev–Trinajstić information content (AvgIpc) is 3.27. The molecule has 3 rings (SSSR count). The summed E-state index contributed by atoms with van der Waals surface area (Å²) in [5.74, 6) is 0.360. The van der Waals surface area contributed by atoms with Gasteiger partial charge in [-0.05, 0) is 56.3 Å². The van der Waals surface area contributed by atoms with Gasteiger partial charge in [-0.2, -0.15) is 8.78 Å². The molecule has 0 bridgehead atoms. The summed E-state index contributed by atoms with van der Waals surface area (Å²) in [6.45, 7) is 0.558. The van der Waals surface area contributed by atoms with Crippen LogP contribution in [0.3, 0.4) is 0 Å². The third-order valence-electron chi connectivity index (χ3n) is 4.04. The highest BCUT2D eigenvalue weighted by Crippen LogP contribution is 2.24. The van der Waals surface area contributed by atoms with Crippen molar-refractivity contribution >= 4 is 12.0 Å². The van der Waals surface area contributed by atoms with Crippen LogP contribution in [0.1, 0.15) is 27.5 Å². The van der Waals surface area contributed by atoms with E-state index in [2.05, 4.69) is 9.89 Å². The van der Waals surface area contributed by atoms with Crippen molar-refractivity contribution in [2.24, 2.45) is 5.16 Å². The maximum absolute atomic E-state index is 12.5. The smallest absolute Gasteiger partial charge is 0.387 e. The Balaban J connectivity index is 1.71. The van der Waals surface area contributed by atoms with Crippen LogP contribution in [0.5, 0.6) is 5.75 Å². The normalized spacial score (nSPS) is 11.3. The first kappa shape index (κ1) is 19.3. The van der Waals surface area contributed by atoms with E-state index in [1.54, 1.807) is 37.3 Å². The number of furan rings is 1. The van der Waals surface area contributed by atoms with E-state index in [4.69, 9.17) is 9.25 Å². The van der Waals surface area contributed by atoms with Crippen LogP contribution >= 0.6 is 0 Å². The third-order valence-corrected chi connectivity index (χ3v) is 4.04. The van der Waals surface area contributed by atoms with Gasteiger partial charge in [0.05, 0.1) is 6.26 Å². The minimum Gasteiger partial charge on any atom is -0.463 e. The molecule has 2 aromatic heterocycles. The molecule has 28 heavy (non-hydrogen) atoms. The first-order chi connectivity index (χ1) is 13.5. The van der Waals surface area contributed by atoms with E-state index in [1.807, 2.05) is 11.5 Å². The SMILES string of the molecule is Cc1cc(C(=O)CO/N=C\c2ccco2)c(C)n1-c1ccc(OC(F)F)cc1. The van der Waals surface area contributed by atoms with E-state index in [1.165, 1.54) is 24.6 Å². The monoisotopic (exact) mass is 388 g/mol. The Hall–Kier alpha value is -3.42. The van der Waals surface area contributed by atoms with Gasteiger partial charge in [0, 0.05) is 22.6 Å². The summed E-state index contributed by atoms with van der Waals surface area (Å²) in [4.78, 5) is 17.5. The maximum atomic E-state index is 12.5. The lowest BCUT2D eigenvalue weighted by Crippen LogP contribution is -2.09. The van der Waals surface area contributed by atoms with Gasteiger partial charge in [0.1, 0.15) is 17.7 Å².